The van der Waals surface area contributed by atoms with Crippen LogP contribution in [0.5, 0.6) is 5.75 Å². The molecule has 3 rings (SSSR count). The lowest BCUT2D eigenvalue weighted by Gasteiger charge is -2.12. The van der Waals surface area contributed by atoms with Crippen molar-refractivity contribution < 1.29 is 14.3 Å². The van der Waals surface area contributed by atoms with Crippen LogP contribution in [0.25, 0.3) is 6.08 Å². The first-order valence-electron chi connectivity index (χ1n) is 8.00. The first kappa shape index (κ1) is 16.0. The molecule has 4 nitrogen and oxygen atoms in total. The number of ether oxygens (including phenoxy) is 2. The van der Waals surface area contributed by atoms with E-state index in [2.05, 4.69) is 11.9 Å². The number of carbonyl (C=O) groups excluding carboxylic acids is 1. The number of hydrogen-bond acceptors (Lipinski definition) is 4. The molecule has 1 aliphatic rings. The van der Waals surface area contributed by atoms with Crippen LogP contribution in [0.1, 0.15) is 31.4 Å². The fourth-order valence-electron chi connectivity index (χ4n) is 2.23. The van der Waals surface area contributed by atoms with Gasteiger partial charge in [0.2, 0.25) is 5.90 Å². The van der Waals surface area contributed by atoms with Crippen molar-refractivity contribution in [2.75, 3.05) is 0 Å². The van der Waals surface area contributed by atoms with E-state index in [0.29, 0.717) is 11.6 Å². The number of cyclic esters (lactones) is 1. The number of rotatable bonds is 5. The highest BCUT2D eigenvalue weighted by molar-refractivity contribution is 6.12. The second-order valence-corrected chi connectivity index (χ2v) is 5.61. The standard InChI is InChI=1S/C20H19NO3/c1-3-14(2)23-17-11-9-15(10-12-17)13-18-20(22)24-19(21-18)16-7-5-4-6-8-16/h4-14H,3H2,1-2H3/b18-13-. The summed E-state index contributed by atoms with van der Waals surface area (Å²) in [6.07, 6.45) is 2.84. The molecule has 4 heteroatoms. The molecule has 2 aromatic carbocycles. The molecule has 0 radical (unpaired) electrons. The molecule has 0 aromatic heterocycles. The van der Waals surface area contributed by atoms with Crippen LogP contribution in [0.3, 0.4) is 0 Å². The third kappa shape index (κ3) is 3.71. The lowest BCUT2D eigenvalue weighted by molar-refractivity contribution is -0.129. The average molecular weight is 321 g/mol. The van der Waals surface area contributed by atoms with Gasteiger partial charge in [-0.25, -0.2) is 9.79 Å². The van der Waals surface area contributed by atoms with E-state index < -0.39 is 5.97 Å². The van der Waals surface area contributed by atoms with E-state index >= 15 is 0 Å². The molecule has 1 unspecified atom stereocenters. The molecule has 0 aliphatic carbocycles. The van der Waals surface area contributed by atoms with Gasteiger partial charge >= 0.3 is 5.97 Å². The van der Waals surface area contributed by atoms with Crippen LogP contribution in [0.15, 0.2) is 65.3 Å². The smallest absolute Gasteiger partial charge is 0.363 e. The molecule has 24 heavy (non-hydrogen) atoms. The minimum absolute atomic E-state index is 0.178. The molecule has 0 fully saturated rings. The van der Waals surface area contributed by atoms with Crippen molar-refractivity contribution in [1.82, 2.24) is 0 Å². The lowest BCUT2D eigenvalue weighted by Crippen LogP contribution is -2.09. The Morgan fingerprint density at radius 3 is 2.50 bits per heavy atom. The van der Waals surface area contributed by atoms with Crippen molar-refractivity contribution >= 4 is 17.9 Å². The fourth-order valence-corrected chi connectivity index (χ4v) is 2.23. The highest BCUT2D eigenvalue weighted by atomic mass is 16.6. The largest absolute Gasteiger partial charge is 0.491 e. The Labute approximate surface area is 141 Å². The third-order valence-electron chi connectivity index (χ3n) is 3.74. The van der Waals surface area contributed by atoms with Gasteiger partial charge in [-0.1, -0.05) is 37.3 Å². The fraction of sp³-hybridized carbons (Fsp3) is 0.200. The van der Waals surface area contributed by atoms with Crippen LogP contribution in [0, 0.1) is 0 Å². The van der Waals surface area contributed by atoms with E-state index in [9.17, 15) is 4.79 Å². The maximum absolute atomic E-state index is 12.0. The van der Waals surface area contributed by atoms with Crippen molar-refractivity contribution in [3.63, 3.8) is 0 Å². The maximum atomic E-state index is 12.0. The van der Waals surface area contributed by atoms with Gasteiger partial charge in [-0.15, -0.1) is 0 Å². The van der Waals surface area contributed by atoms with E-state index in [1.165, 1.54) is 0 Å². The van der Waals surface area contributed by atoms with Gasteiger partial charge in [-0.2, -0.15) is 0 Å². The summed E-state index contributed by atoms with van der Waals surface area (Å²) in [5.41, 5.74) is 1.95. The quantitative estimate of drug-likeness (QED) is 0.612. The summed E-state index contributed by atoms with van der Waals surface area (Å²) in [4.78, 5) is 16.3. The number of hydrogen-bond donors (Lipinski definition) is 0. The molecule has 1 aliphatic heterocycles. The van der Waals surface area contributed by atoms with Crippen molar-refractivity contribution in [2.24, 2.45) is 4.99 Å². The summed E-state index contributed by atoms with van der Waals surface area (Å²) in [5, 5.41) is 0. The molecular formula is C20H19NO3. The third-order valence-corrected chi connectivity index (χ3v) is 3.74. The van der Waals surface area contributed by atoms with Crippen molar-refractivity contribution in [2.45, 2.75) is 26.4 Å². The Morgan fingerprint density at radius 1 is 1.12 bits per heavy atom. The van der Waals surface area contributed by atoms with Crippen LogP contribution in [-0.2, 0) is 9.53 Å². The minimum Gasteiger partial charge on any atom is -0.491 e. The molecule has 0 spiro atoms. The SMILES string of the molecule is CCC(C)Oc1ccc(/C=C2\N=C(c3ccccc3)OC2=O)cc1. The predicted molar refractivity (Wildman–Crippen MR) is 93.9 cm³/mol. The molecule has 1 atom stereocenters. The van der Waals surface area contributed by atoms with E-state index in [4.69, 9.17) is 9.47 Å². The van der Waals surface area contributed by atoms with Gasteiger partial charge in [0.05, 0.1) is 6.10 Å². The van der Waals surface area contributed by atoms with E-state index in [0.717, 1.165) is 23.3 Å². The number of esters is 1. The van der Waals surface area contributed by atoms with E-state index in [1.54, 1.807) is 6.08 Å². The highest BCUT2D eigenvalue weighted by Gasteiger charge is 2.23. The number of carbonyl (C=O) groups is 1. The van der Waals surface area contributed by atoms with Crippen LogP contribution in [0.2, 0.25) is 0 Å². The van der Waals surface area contributed by atoms with Gasteiger partial charge in [0.25, 0.3) is 0 Å². The molecule has 2 aromatic rings. The Hall–Kier alpha value is -2.88. The number of benzene rings is 2. The molecule has 122 valence electrons. The first-order chi connectivity index (χ1) is 11.7. The predicted octanol–water partition coefficient (Wildman–Crippen LogP) is 4.21. The van der Waals surface area contributed by atoms with Gasteiger partial charge in [0.1, 0.15) is 5.75 Å². The molecule has 0 saturated heterocycles. The zero-order valence-corrected chi connectivity index (χ0v) is 13.7. The van der Waals surface area contributed by atoms with Crippen molar-refractivity contribution in [3.8, 4) is 5.75 Å². The zero-order valence-electron chi connectivity index (χ0n) is 13.7. The zero-order chi connectivity index (χ0) is 16.9. The highest BCUT2D eigenvalue weighted by Crippen LogP contribution is 2.21. The first-order valence-corrected chi connectivity index (χ1v) is 8.00. The van der Waals surface area contributed by atoms with Gasteiger partial charge in [-0.3, -0.25) is 0 Å². The summed E-state index contributed by atoms with van der Waals surface area (Å²) < 4.78 is 11.0. The Kier molecular flexibility index (Phi) is 4.75. The number of nitrogens with zero attached hydrogens (tertiary/aromatic N) is 1. The minimum atomic E-state index is -0.436. The van der Waals surface area contributed by atoms with Gasteiger partial charge in [0, 0.05) is 5.56 Å². The van der Waals surface area contributed by atoms with E-state index in [1.807, 2.05) is 61.5 Å². The van der Waals surface area contributed by atoms with Crippen LogP contribution < -0.4 is 4.74 Å². The van der Waals surface area contributed by atoms with Gasteiger partial charge in [-0.05, 0) is 49.2 Å². The van der Waals surface area contributed by atoms with Crippen LogP contribution in [0.4, 0.5) is 0 Å². The molecular weight excluding hydrogens is 302 g/mol. The lowest BCUT2D eigenvalue weighted by atomic mass is 10.2. The van der Waals surface area contributed by atoms with Crippen molar-refractivity contribution in [3.05, 3.63) is 71.4 Å². The molecule has 0 amide bonds. The van der Waals surface area contributed by atoms with Gasteiger partial charge in [0.15, 0.2) is 5.70 Å². The normalized spacial score (nSPS) is 16.7. The van der Waals surface area contributed by atoms with Crippen LogP contribution >= 0.6 is 0 Å². The summed E-state index contributed by atoms with van der Waals surface area (Å²) in [7, 11) is 0. The molecule has 0 N–H and O–H groups in total. The number of aliphatic imine (C=N–C) groups is 1. The summed E-state index contributed by atoms with van der Waals surface area (Å²) in [6, 6.07) is 16.9. The van der Waals surface area contributed by atoms with E-state index in [-0.39, 0.29) is 6.10 Å². The average Bonchev–Trinajstić information content (AvgIpc) is 2.98. The van der Waals surface area contributed by atoms with Gasteiger partial charge < -0.3 is 9.47 Å². The van der Waals surface area contributed by atoms with Crippen LogP contribution in [-0.4, -0.2) is 18.0 Å². The molecule has 1 heterocycles. The monoisotopic (exact) mass is 321 g/mol. The second kappa shape index (κ2) is 7.13. The Balaban J connectivity index is 1.78. The molecule has 0 bridgehead atoms. The van der Waals surface area contributed by atoms with Crippen molar-refractivity contribution in [1.29, 1.82) is 0 Å². The Morgan fingerprint density at radius 2 is 1.83 bits per heavy atom. The summed E-state index contributed by atoms with van der Waals surface area (Å²) >= 11 is 0. The Bertz CT molecular complexity index is 776. The topological polar surface area (TPSA) is 47.9 Å². The molecule has 0 saturated carbocycles. The second-order valence-electron chi connectivity index (χ2n) is 5.61. The summed E-state index contributed by atoms with van der Waals surface area (Å²) in [6.45, 7) is 4.11. The maximum Gasteiger partial charge on any atom is 0.363 e. The summed E-state index contributed by atoms with van der Waals surface area (Å²) in [5.74, 6) is 0.714.